The largest absolute Gasteiger partial charge is 0.378 e. The van der Waals surface area contributed by atoms with E-state index in [2.05, 4.69) is 15.7 Å². The van der Waals surface area contributed by atoms with Crippen molar-refractivity contribution in [3.8, 4) is 0 Å². The number of aromatic nitrogens is 2. The summed E-state index contributed by atoms with van der Waals surface area (Å²) in [6.07, 6.45) is 3.49. The molecule has 96 valence electrons. The molecule has 0 fully saturated rings. The third kappa shape index (κ3) is 3.48. The molecule has 0 aliphatic carbocycles. The molecule has 0 aliphatic heterocycles. The van der Waals surface area contributed by atoms with Crippen LogP contribution < -0.4 is 10.6 Å². The highest BCUT2D eigenvalue weighted by Gasteiger charge is 2.03. The third-order valence-corrected chi connectivity index (χ3v) is 3.54. The molecule has 2 N–H and O–H groups in total. The zero-order chi connectivity index (χ0) is 13.0. The van der Waals surface area contributed by atoms with Gasteiger partial charge in [0.25, 0.3) is 0 Å². The lowest BCUT2D eigenvalue weighted by molar-refractivity contribution is -0.121. The SMILES string of the molecule is CNC(=O)Cn1cc(NCc2ccc(Cl)s2)cn1. The number of carbonyl (C=O) groups excluding carboxylic acids is 1. The summed E-state index contributed by atoms with van der Waals surface area (Å²) < 4.78 is 2.37. The first kappa shape index (κ1) is 12.9. The van der Waals surface area contributed by atoms with E-state index in [4.69, 9.17) is 11.6 Å². The Morgan fingerprint density at radius 2 is 2.39 bits per heavy atom. The molecule has 2 rings (SSSR count). The highest BCUT2D eigenvalue weighted by Crippen LogP contribution is 2.22. The molecule has 0 aliphatic rings. The van der Waals surface area contributed by atoms with Crippen molar-refractivity contribution in [2.75, 3.05) is 12.4 Å². The van der Waals surface area contributed by atoms with Crippen molar-refractivity contribution in [3.63, 3.8) is 0 Å². The van der Waals surface area contributed by atoms with Gasteiger partial charge in [0, 0.05) is 24.7 Å². The van der Waals surface area contributed by atoms with Gasteiger partial charge < -0.3 is 10.6 Å². The van der Waals surface area contributed by atoms with Gasteiger partial charge in [0.05, 0.1) is 16.2 Å². The van der Waals surface area contributed by atoms with Gasteiger partial charge in [-0.2, -0.15) is 5.10 Å². The summed E-state index contributed by atoms with van der Waals surface area (Å²) in [4.78, 5) is 12.3. The van der Waals surface area contributed by atoms with Crippen molar-refractivity contribution < 1.29 is 4.79 Å². The van der Waals surface area contributed by atoms with E-state index >= 15 is 0 Å². The molecule has 2 aromatic rings. The molecule has 7 heteroatoms. The van der Waals surface area contributed by atoms with E-state index < -0.39 is 0 Å². The highest BCUT2D eigenvalue weighted by molar-refractivity contribution is 7.16. The van der Waals surface area contributed by atoms with Crippen molar-refractivity contribution in [3.05, 3.63) is 33.7 Å². The summed E-state index contributed by atoms with van der Waals surface area (Å²) >= 11 is 7.39. The topological polar surface area (TPSA) is 59.0 Å². The molecule has 0 unspecified atom stereocenters. The van der Waals surface area contributed by atoms with Gasteiger partial charge in [0.15, 0.2) is 0 Å². The van der Waals surface area contributed by atoms with Gasteiger partial charge in [-0.25, -0.2) is 0 Å². The number of rotatable bonds is 5. The molecule has 1 amide bonds. The average molecular weight is 285 g/mol. The van der Waals surface area contributed by atoms with Crippen LogP contribution in [-0.2, 0) is 17.9 Å². The van der Waals surface area contributed by atoms with Crippen molar-refractivity contribution >= 4 is 34.5 Å². The fourth-order valence-corrected chi connectivity index (χ4v) is 2.43. The molecule has 0 saturated heterocycles. The molecular weight excluding hydrogens is 272 g/mol. The predicted octanol–water partition coefficient (Wildman–Crippen LogP) is 1.96. The number of amides is 1. The standard InChI is InChI=1S/C11H13ClN4OS/c1-13-11(17)7-16-6-8(4-15-16)14-5-9-2-3-10(12)18-9/h2-4,6,14H,5,7H2,1H3,(H,13,17). The normalized spacial score (nSPS) is 10.3. The Morgan fingerprint density at radius 1 is 1.56 bits per heavy atom. The smallest absolute Gasteiger partial charge is 0.241 e. The molecule has 0 aromatic carbocycles. The van der Waals surface area contributed by atoms with Gasteiger partial charge in [0.1, 0.15) is 6.54 Å². The van der Waals surface area contributed by atoms with E-state index in [1.54, 1.807) is 24.1 Å². The predicted molar refractivity (Wildman–Crippen MR) is 72.9 cm³/mol. The summed E-state index contributed by atoms with van der Waals surface area (Å²) in [5.41, 5.74) is 0.878. The lowest BCUT2D eigenvalue weighted by Gasteiger charge is -2.01. The number of halogens is 1. The zero-order valence-electron chi connectivity index (χ0n) is 9.81. The zero-order valence-corrected chi connectivity index (χ0v) is 11.4. The fourth-order valence-electron chi connectivity index (χ4n) is 1.40. The van der Waals surface area contributed by atoms with Crippen molar-refractivity contribution in [2.45, 2.75) is 13.1 Å². The monoisotopic (exact) mass is 284 g/mol. The van der Waals surface area contributed by atoms with Crippen LogP contribution in [0, 0.1) is 0 Å². The second-order valence-corrected chi connectivity index (χ2v) is 5.46. The van der Waals surface area contributed by atoms with Gasteiger partial charge in [-0.3, -0.25) is 9.48 Å². The maximum absolute atomic E-state index is 11.2. The van der Waals surface area contributed by atoms with Gasteiger partial charge in [-0.15, -0.1) is 11.3 Å². The molecule has 0 spiro atoms. The van der Waals surface area contributed by atoms with Crippen LogP contribution in [-0.4, -0.2) is 22.7 Å². The summed E-state index contributed by atoms with van der Waals surface area (Å²) in [7, 11) is 1.60. The Morgan fingerprint density at radius 3 is 3.06 bits per heavy atom. The van der Waals surface area contributed by atoms with Gasteiger partial charge in [0.2, 0.25) is 5.91 Å². The molecule has 0 radical (unpaired) electrons. The Kier molecular flexibility index (Phi) is 4.22. The van der Waals surface area contributed by atoms with Crippen molar-refractivity contribution in [2.24, 2.45) is 0 Å². The first-order valence-corrected chi connectivity index (χ1v) is 6.58. The maximum Gasteiger partial charge on any atom is 0.241 e. The minimum Gasteiger partial charge on any atom is -0.378 e. The Bertz CT molecular complexity index is 537. The van der Waals surface area contributed by atoms with Crippen LogP contribution in [0.15, 0.2) is 24.5 Å². The van der Waals surface area contributed by atoms with Crippen molar-refractivity contribution in [1.82, 2.24) is 15.1 Å². The van der Waals surface area contributed by atoms with Crippen LogP contribution in [0.2, 0.25) is 4.34 Å². The van der Waals surface area contributed by atoms with Gasteiger partial charge >= 0.3 is 0 Å². The number of nitrogens with one attached hydrogen (secondary N) is 2. The number of carbonyl (C=O) groups is 1. The number of anilines is 1. The third-order valence-electron chi connectivity index (χ3n) is 2.31. The van der Waals surface area contributed by atoms with E-state index in [0.717, 1.165) is 14.9 Å². The van der Waals surface area contributed by atoms with Crippen LogP contribution >= 0.6 is 22.9 Å². The van der Waals surface area contributed by atoms with Crippen LogP contribution in [0.3, 0.4) is 0 Å². The molecule has 0 atom stereocenters. The van der Waals surface area contributed by atoms with E-state index in [1.165, 1.54) is 11.3 Å². The summed E-state index contributed by atoms with van der Waals surface area (Å²) in [5, 5.41) is 9.87. The molecule has 2 heterocycles. The minimum absolute atomic E-state index is 0.0744. The lowest BCUT2D eigenvalue weighted by atomic mass is 10.4. The second kappa shape index (κ2) is 5.88. The molecule has 0 bridgehead atoms. The van der Waals surface area contributed by atoms with Gasteiger partial charge in [-0.05, 0) is 12.1 Å². The summed E-state index contributed by atoms with van der Waals surface area (Å²) in [6.45, 7) is 0.923. The van der Waals surface area contributed by atoms with E-state index in [1.807, 2.05) is 12.1 Å². The van der Waals surface area contributed by atoms with E-state index in [0.29, 0.717) is 6.54 Å². The highest BCUT2D eigenvalue weighted by atomic mass is 35.5. The van der Waals surface area contributed by atoms with Crippen LogP contribution in [0.4, 0.5) is 5.69 Å². The maximum atomic E-state index is 11.2. The fraction of sp³-hybridized carbons (Fsp3) is 0.273. The molecular formula is C11H13ClN4OS. The summed E-state index contributed by atoms with van der Waals surface area (Å²) in [6, 6.07) is 3.85. The van der Waals surface area contributed by atoms with Crippen LogP contribution in [0.5, 0.6) is 0 Å². The number of hydrogen-bond donors (Lipinski definition) is 2. The van der Waals surface area contributed by atoms with Gasteiger partial charge in [-0.1, -0.05) is 11.6 Å². The Labute approximate surface area is 114 Å². The molecule has 2 aromatic heterocycles. The number of likely N-dealkylation sites (N-methyl/N-ethyl adjacent to an activating group) is 1. The average Bonchev–Trinajstić information content (AvgIpc) is 2.96. The Balaban J connectivity index is 1.88. The van der Waals surface area contributed by atoms with Crippen LogP contribution in [0.1, 0.15) is 4.88 Å². The quantitative estimate of drug-likeness (QED) is 0.882. The number of hydrogen-bond acceptors (Lipinski definition) is 4. The first-order valence-electron chi connectivity index (χ1n) is 5.38. The molecule has 5 nitrogen and oxygen atoms in total. The Hall–Kier alpha value is -1.53. The number of nitrogens with zero attached hydrogens (tertiary/aromatic N) is 2. The lowest BCUT2D eigenvalue weighted by Crippen LogP contribution is -2.23. The van der Waals surface area contributed by atoms with Crippen molar-refractivity contribution in [1.29, 1.82) is 0 Å². The van der Waals surface area contributed by atoms with E-state index in [-0.39, 0.29) is 12.5 Å². The molecule has 0 saturated carbocycles. The summed E-state index contributed by atoms with van der Waals surface area (Å²) in [5.74, 6) is -0.0744. The molecule has 18 heavy (non-hydrogen) atoms. The second-order valence-electron chi connectivity index (χ2n) is 3.66. The van der Waals surface area contributed by atoms with Crippen LogP contribution in [0.25, 0.3) is 0 Å². The van der Waals surface area contributed by atoms with E-state index in [9.17, 15) is 4.79 Å². The first-order chi connectivity index (χ1) is 8.67. The number of thiophene rings is 1. The minimum atomic E-state index is -0.0744.